The second kappa shape index (κ2) is 6.02. The topological polar surface area (TPSA) is 26.3 Å². The van der Waals surface area contributed by atoms with Crippen LogP contribution < -0.4 is 4.74 Å². The van der Waals surface area contributed by atoms with Gasteiger partial charge in [0, 0.05) is 15.6 Å². The Morgan fingerprint density at radius 2 is 1.95 bits per heavy atom. The second-order valence-corrected chi connectivity index (χ2v) is 5.22. The van der Waals surface area contributed by atoms with Crippen molar-refractivity contribution >= 4 is 21.7 Å². The predicted molar refractivity (Wildman–Crippen MR) is 79.9 cm³/mol. The van der Waals surface area contributed by atoms with Crippen molar-refractivity contribution in [3.05, 3.63) is 63.6 Å². The Morgan fingerprint density at radius 1 is 1.16 bits per heavy atom. The van der Waals surface area contributed by atoms with Crippen molar-refractivity contribution in [2.75, 3.05) is 6.61 Å². The Hall–Kier alpha value is -1.61. The van der Waals surface area contributed by atoms with Crippen LogP contribution in [0.25, 0.3) is 0 Å². The summed E-state index contributed by atoms with van der Waals surface area (Å²) in [4.78, 5) is 12.4. The molecule has 0 radical (unpaired) electrons. The van der Waals surface area contributed by atoms with Gasteiger partial charge in [-0.15, -0.1) is 0 Å². The average molecular weight is 319 g/mol. The van der Waals surface area contributed by atoms with E-state index >= 15 is 0 Å². The molecule has 0 saturated carbocycles. The maximum absolute atomic E-state index is 12.4. The molecule has 0 saturated heterocycles. The average Bonchev–Trinajstić information content (AvgIpc) is 2.37. The van der Waals surface area contributed by atoms with Gasteiger partial charge in [-0.25, -0.2) is 0 Å². The molecule has 0 aliphatic carbocycles. The number of aryl methyl sites for hydroxylation is 1. The zero-order chi connectivity index (χ0) is 13.8. The molecule has 0 heterocycles. The molecule has 0 aliphatic rings. The summed E-state index contributed by atoms with van der Waals surface area (Å²) in [6.07, 6.45) is 0. The Bertz CT molecular complexity index is 585. The highest BCUT2D eigenvalue weighted by Gasteiger charge is 2.11. The summed E-state index contributed by atoms with van der Waals surface area (Å²) < 4.78 is 6.33. The molecule has 0 N–H and O–H groups in total. The molecule has 19 heavy (non-hydrogen) atoms. The first-order valence-corrected chi connectivity index (χ1v) is 6.94. The molecule has 2 nitrogen and oxygen atoms in total. The quantitative estimate of drug-likeness (QED) is 0.782. The van der Waals surface area contributed by atoms with Crippen molar-refractivity contribution in [1.82, 2.24) is 0 Å². The van der Waals surface area contributed by atoms with Crippen LogP contribution in [0.3, 0.4) is 0 Å². The van der Waals surface area contributed by atoms with Gasteiger partial charge in [0.15, 0.2) is 5.78 Å². The van der Waals surface area contributed by atoms with Crippen LogP contribution in [0.2, 0.25) is 0 Å². The molecule has 0 amide bonds. The predicted octanol–water partition coefficient (Wildman–Crippen LogP) is 4.39. The summed E-state index contributed by atoms with van der Waals surface area (Å²) in [5, 5.41) is 0. The molecule has 0 unspecified atom stereocenters. The first-order chi connectivity index (χ1) is 9.10. The normalized spacial score (nSPS) is 10.3. The lowest BCUT2D eigenvalue weighted by atomic mass is 10.0. The molecule has 0 spiro atoms. The molecule has 0 aliphatic heterocycles. The number of benzene rings is 2. The molecule has 2 aromatic carbocycles. The van der Waals surface area contributed by atoms with E-state index < -0.39 is 0 Å². The zero-order valence-electron chi connectivity index (χ0n) is 10.9. The summed E-state index contributed by atoms with van der Waals surface area (Å²) in [6.45, 7) is 4.48. The number of rotatable bonds is 4. The van der Waals surface area contributed by atoms with Gasteiger partial charge in [0.05, 0.1) is 6.61 Å². The number of ketones is 1. The number of halogens is 1. The summed E-state index contributed by atoms with van der Waals surface area (Å²) in [6, 6.07) is 13.0. The van der Waals surface area contributed by atoms with Crippen molar-refractivity contribution in [2.45, 2.75) is 13.8 Å². The first-order valence-electron chi connectivity index (χ1n) is 6.15. The Balaban J connectivity index is 2.35. The lowest BCUT2D eigenvalue weighted by molar-refractivity contribution is 0.103. The molecule has 2 rings (SSSR count). The number of carbonyl (C=O) groups excluding carboxylic acids is 1. The van der Waals surface area contributed by atoms with Gasteiger partial charge in [-0.2, -0.15) is 0 Å². The number of hydrogen-bond donors (Lipinski definition) is 0. The second-order valence-electron chi connectivity index (χ2n) is 4.31. The van der Waals surface area contributed by atoms with Gasteiger partial charge in [0.25, 0.3) is 0 Å². The van der Waals surface area contributed by atoms with E-state index in [4.69, 9.17) is 4.74 Å². The van der Waals surface area contributed by atoms with Gasteiger partial charge in [-0.05, 0) is 49.7 Å². The van der Waals surface area contributed by atoms with E-state index in [1.54, 1.807) is 12.1 Å². The fourth-order valence-corrected chi connectivity index (χ4v) is 2.54. The van der Waals surface area contributed by atoms with Crippen molar-refractivity contribution in [1.29, 1.82) is 0 Å². The first kappa shape index (κ1) is 13.8. The lowest BCUT2D eigenvalue weighted by Crippen LogP contribution is -2.02. The highest BCUT2D eigenvalue weighted by Crippen LogP contribution is 2.20. The van der Waals surface area contributed by atoms with Crippen molar-refractivity contribution in [3.63, 3.8) is 0 Å². The minimum atomic E-state index is 0.00551. The Labute approximate surface area is 121 Å². The summed E-state index contributed by atoms with van der Waals surface area (Å²) in [5.74, 6) is 0.728. The Morgan fingerprint density at radius 3 is 2.63 bits per heavy atom. The summed E-state index contributed by atoms with van der Waals surface area (Å²) >= 11 is 3.42. The van der Waals surface area contributed by atoms with Gasteiger partial charge in [0.2, 0.25) is 0 Å². The number of carbonyl (C=O) groups is 1. The maximum atomic E-state index is 12.4. The number of ether oxygens (including phenoxy) is 1. The zero-order valence-corrected chi connectivity index (χ0v) is 12.5. The van der Waals surface area contributed by atoms with Crippen LogP contribution in [0.4, 0.5) is 0 Å². The monoisotopic (exact) mass is 318 g/mol. The molecule has 0 aromatic heterocycles. The number of hydrogen-bond acceptors (Lipinski definition) is 2. The molecule has 2 aromatic rings. The third-order valence-corrected chi connectivity index (χ3v) is 3.17. The molecule has 3 heteroatoms. The third kappa shape index (κ3) is 3.44. The van der Waals surface area contributed by atoms with Gasteiger partial charge in [-0.1, -0.05) is 28.1 Å². The van der Waals surface area contributed by atoms with Gasteiger partial charge < -0.3 is 4.74 Å². The minimum absolute atomic E-state index is 0.00551. The van der Waals surface area contributed by atoms with Gasteiger partial charge in [-0.3, -0.25) is 4.79 Å². The fourth-order valence-electron chi connectivity index (χ4n) is 1.93. The van der Waals surface area contributed by atoms with E-state index in [0.29, 0.717) is 17.7 Å². The maximum Gasteiger partial charge on any atom is 0.193 e. The SMILES string of the molecule is CCOc1cccc(C(=O)c2cc(C)cc(Br)c2)c1. The van der Waals surface area contributed by atoms with Crippen LogP contribution in [0, 0.1) is 6.92 Å². The van der Waals surface area contributed by atoms with Crippen LogP contribution in [-0.4, -0.2) is 12.4 Å². The van der Waals surface area contributed by atoms with Crippen LogP contribution in [-0.2, 0) is 0 Å². The largest absolute Gasteiger partial charge is 0.494 e. The van der Waals surface area contributed by atoms with E-state index in [9.17, 15) is 4.79 Å². The molecule has 0 bridgehead atoms. The van der Waals surface area contributed by atoms with E-state index in [2.05, 4.69) is 15.9 Å². The van der Waals surface area contributed by atoms with Crippen LogP contribution in [0.1, 0.15) is 28.4 Å². The van der Waals surface area contributed by atoms with E-state index in [-0.39, 0.29) is 5.78 Å². The highest BCUT2D eigenvalue weighted by atomic mass is 79.9. The molecule has 0 fully saturated rings. The fraction of sp³-hybridized carbons (Fsp3) is 0.188. The van der Waals surface area contributed by atoms with Crippen molar-refractivity contribution in [2.24, 2.45) is 0 Å². The minimum Gasteiger partial charge on any atom is -0.494 e. The van der Waals surface area contributed by atoms with E-state index in [1.165, 1.54) is 0 Å². The van der Waals surface area contributed by atoms with E-state index in [1.807, 2.05) is 44.2 Å². The van der Waals surface area contributed by atoms with Crippen LogP contribution in [0.5, 0.6) is 5.75 Å². The van der Waals surface area contributed by atoms with E-state index in [0.717, 1.165) is 15.8 Å². The lowest BCUT2D eigenvalue weighted by Gasteiger charge is -2.07. The highest BCUT2D eigenvalue weighted by molar-refractivity contribution is 9.10. The van der Waals surface area contributed by atoms with Gasteiger partial charge in [0.1, 0.15) is 5.75 Å². The van der Waals surface area contributed by atoms with Crippen LogP contribution >= 0.6 is 15.9 Å². The van der Waals surface area contributed by atoms with Crippen LogP contribution in [0.15, 0.2) is 46.9 Å². The Kier molecular flexibility index (Phi) is 4.38. The summed E-state index contributed by atoms with van der Waals surface area (Å²) in [5.41, 5.74) is 2.38. The standard InChI is InChI=1S/C16H15BrO2/c1-3-19-15-6-4-5-12(10-15)16(18)13-7-11(2)8-14(17)9-13/h4-10H,3H2,1-2H3. The van der Waals surface area contributed by atoms with Crippen molar-refractivity contribution in [3.8, 4) is 5.75 Å². The third-order valence-electron chi connectivity index (χ3n) is 2.71. The van der Waals surface area contributed by atoms with Gasteiger partial charge >= 0.3 is 0 Å². The molecular formula is C16H15BrO2. The molecule has 0 atom stereocenters. The summed E-state index contributed by atoms with van der Waals surface area (Å²) in [7, 11) is 0. The molecular weight excluding hydrogens is 304 g/mol. The smallest absolute Gasteiger partial charge is 0.193 e. The van der Waals surface area contributed by atoms with Crippen molar-refractivity contribution < 1.29 is 9.53 Å². The molecule has 98 valence electrons.